The van der Waals surface area contributed by atoms with Gasteiger partial charge in [-0.2, -0.15) is 0 Å². The Kier molecular flexibility index (Phi) is 3.91. The highest BCUT2D eigenvalue weighted by Crippen LogP contribution is 2.30. The normalized spacial score (nSPS) is 10.6. The first-order valence-electron chi connectivity index (χ1n) is 4.31. The molecule has 0 amide bonds. The van der Waals surface area contributed by atoms with Crippen LogP contribution in [0, 0.1) is 0 Å². The number of aromatic nitrogens is 2. The van der Waals surface area contributed by atoms with E-state index in [0.717, 1.165) is 10.6 Å². The zero-order chi connectivity index (χ0) is 11.5. The fourth-order valence-electron chi connectivity index (χ4n) is 1.03. The van der Waals surface area contributed by atoms with Gasteiger partial charge < -0.3 is 5.73 Å². The SMILES string of the molecule is Nc1ccc(SCc2nnsc2Cl)cc1Cl. The van der Waals surface area contributed by atoms with Gasteiger partial charge in [-0.1, -0.05) is 27.7 Å². The van der Waals surface area contributed by atoms with Gasteiger partial charge in [0.25, 0.3) is 0 Å². The van der Waals surface area contributed by atoms with Gasteiger partial charge in [-0.25, -0.2) is 0 Å². The summed E-state index contributed by atoms with van der Waals surface area (Å²) in [6.07, 6.45) is 0. The van der Waals surface area contributed by atoms with Gasteiger partial charge in [0, 0.05) is 22.2 Å². The van der Waals surface area contributed by atoms with Gasteiger partial charge in [0.15, 0.2) is 0 Å². The van der Waals surface area contributed by atoms with Crippen molar-refractivity contribution in [1.29, 1.82) is 0 Å². The fraction of sp³-hybridized carbons (Fsp3) is 0.111. The van der Waals surface area contributed by atoms with Gasteiger partial charge in [0.1, 0.15) is 10.0 Å². The largest absolute Gasteiger partial charge is 0.398 e. The van der Waals surface area contributed by atoms with E-state index in [4.69, 9.17) is 28.9 Å². The van der Waals surface area contributed by atoms with Gasteiger partial charge in [-0.15, -0.1) is 16.9 Å². The summed E-state index contributed by atoms with van der Waals surface area (Å²) in [5.74, 6) is 0.676. The van der Waals surface area contributed by atoms with E-state index >= 15 is 0 Å². The number of anilines is 1. The van der Waals surface area contributed by atoms with Crippen LogP contribution in [0.1, 0.15) is 5.69 Å². The van der Waals surface area contributed by atoms with Crippen LogP contribution in [0.25, 0.3) is 0 Å². The maximum absolute atomic E-state index is 5.92. The molecule has 0 saturated heterocycles. The molecule has 2 rings (SSSR count). The predicted octanol–water partition coefficient (Wildman–Crippen LogP) is 3.72. The number of hydrogen-bond acceptors (Lipinski definition) is 5. The van der Waals surface area contributed by atoms with Crippen LogP contribution in [0.4, 0.5) is 5.69 Å². The number of hydrogen-bond donors (Lipinski definition) is 1. The van der Waals surface area contributed by atoms with Crippen molar-refractivity contribution in [3.05, 3.63) is 33.3 Å². The van der Waals surface area contributed by atoms with Crippen LogP contribution in [0.5, 0.6) is 0 Å². The summed E-state index contributed by atoms with van der Waals surface area (Å²) in [5.41, 5.74) is 7.00. The van der Waals surface area contributed by atoms with Crippen LogP contribution in [0.3, 0.4) is 0 Å². The molecule has 0 spiro atoms. The molecule has 0 aliphatic carbocycles. The molecule has 84 valence electrons. The van der Waals surface area contributed by atoms with Gasteiger partial charge in [-0.05, 0) is 18.2 Å². The molecule has 7 heteroatoms. The lowest BCUT2D eigenvalue weighted by molar-refractivity contribution is 1.07. The summed E-state index contributed by atoms with van der Waals surface area (Å²) in [4.78, 5) is 1.03. The van der Waals surface area contributed by atoms with Crippen molar-refractivity contribution in [3.63, 3.8) is 0 Å². The van der Waals surface area contributed by atoms with E-state index in [9.17, 15) is 0 Å². The van der Waals surface area contributed by atoms with Crippen LogP contribution in [-0.2, 0) is 5.75 Å². The van der Waals surface area contributed by atoms with Crippen molar-refractivity contribution >= 4 is 52.2 Å². The molecular weight excluding hydrogens is 285 g/mol. The summed E-state index contributed by atoms with van der Waals surface area (Å²) in [7, 11) is 0. The monoisotopic (exact) mass is 291 g/mol. The lowest BCUT2D eigenvalue weighted by Gasteiger charge is -2.02. The molecule has 0 aliphatic heterocycles. The number of nitrogens with zero attached hydrogens (tertiary/aromatic N) is 2. The Balaban J connectivity index is 2.05. The number of nitrogen functional groups attached to an aromatic ring is 1. The van der Waals surface area contributed by atoms with E-state index in [1.54, 1.807) is 17.8 Å². The topological polar surface area (TPSA) is 51.8 Å². The van der Waals surface area contributed by atoms with E-state index in [2.05, 4.69) is 9.59 Å². The first kappa shape index (κ1) is 12.0. The summed E-state index contributed by atoms with van der Waals surface area (Å²) >= 11 is 14.6. The molecule has 0 fully saturated rings. The third-order valence-corrected chi connectivity index (χ3v) is 4.17. The van der Waals surface area contributed by atoms with Crippen LogP contribution < -0.4 is 5.73 Å². The van der Waals surface area contributed by atoms with Crippen LogP contribution in [-0.4, -0.2) is 9.59 Å². The number of benzene rings is 1. The molecule has 1 heterocycles. The third kappa shape index (κ3) is 2.79. The van der Waals surface area contributed by atoms with Crippen LogP contribution >= 0.6 is 46.5 Å². The molecule has 0 bridgehead atoms. The average molecular weight is 292 g/mol. The molecule has 0 atom stereocenters. The summed E-state index contributed by atoms with van der Waals surface area (Å²) in [6.45, 7) is 0. The molecule has 2 N–H and O–H groups in total. The Bertz CT molecular complexity index is 501. The standard InChI is InChI=1S/C9H7Cl2N3S2/c10-6-3-5(1-2-7(6)12)15-4-8-9(11)16-14-13-8/h1-3H,4,12H2. The highest BCUT2D eigenvalue weighted by Gasteiger charge is 2.06. The molecular formula is C9H7Cl2N3S2. The maximum atomic E-state index is 5.92. The molecule has 1 aromatic carbocycles. The van der Waals surface area contributed by atoms with Crippen molar-refractivity contribution in [2.45, 2.75) is 10.6 Å². The fourth-order valence-corrected chi connectivity index (χ4v) is 2.95. The predicted molar refractivity (Wildman–Crippen MR) is 70.3 cm³/mol. The van der Waals surface area contributed by atoms with Crippen molar-refractivity contribution in [1.82, 2.24) is 9.59 Å². The second-order valence-electron chi connectivity index (χ2n) is 2.97. The zero-order valence-electron chi connectivity index (χ0n) is 7.98. The molecule has 0 aliphatic rings. The lowest BCUT2D eigenvalue weighted by atomic mass is 10.3. The van der Waals surface area contributed by atoms with Gasteiger partial charge in [0.05, 0.1) is 10.7 Å². The molecule has 2 aromatic rings. The molecule has 3 nitrogen and oxygen atoms in total. The highest BCUT2D eigenvalue weighted by molar-refractivity contribution is 7.98. The first-order chi connectivity index (χ1) is 7.66. The summed E-state index contributed by atoms with van der Waals surface area (Å²) < 4.78 is 4.40. The molecule has 0 radical (unpaired) electrons. The minimum atomic E-state index is 0.562. The smallest absolute Gasteiger partial charge is 0.138 e. The van der Waals surface area contributed by atoms with E-state index in [1.165, 1.54) is 11.5 Å². The first-order valence-corrected chi connectivity index (χ1v) is 6.83. The highest BCUT2D eigenvalue weighted by atomic mass is 35.5. The Morgan fingerprint density at radius 2 is 2.19 bits per heavy atom. The Hall–Kier alpha value is -0.490. The Morgan fingerprint density at radius 1 is 1.38 bits per heavy atom. The van der Waals surface area contributed by atoms with Crippen LogP contribution in [0.2, 0.25) is 9.36 Å². The summed E-state index contributed by atoms with van der Waals surface area (Å²) in [5, 5.41) is 4.49. The lowest BCUT2D eigenvalue weighted by Crippen LogP contribution is -1.86. The van der Waals surface area contributed by atoms with E-state index in [-0.39, 0.29) is 0 Å². The average Bonchev–Trinajstić information content (AvgIpc) is 2.66. The Labute approximate surface area is 111 Å². The molecule has 0 saturated carbocycles. The number of thioether (sulfide) groups is 1. The minimum absolute atomic E-state index is 0.562. The second-order valence-corrected chi connectivity index (χ2v) is 5.78. The number of nitrogens with two attached hydrogens (primary N) is 1. The quantitative estimate of drug-likeness (QED) is 0.692. The number of halogens is 2. The molecule has 0 unspecified atom stereocenters. The number of rotatable bonds is 3. The van der Waals surface area contributed by atoms with Gasteiger partial charge in [0.2, 0.25) is 0 Å². The maximum Gasteiger partial charge on any atom is 0.138 e. The molecule has 16 heavy (non-hydrogen) atoms. The van der Waals surface area contributed by atoms with Crippen LogP contribution in [0.15, 0.2) is 23.1 Å². The van der Waals surface area contributed by atoms with E-state index < -0.39 is 0 Å². The Morgan fingerprint density at radius 3 is 2.81 bits per heavy atom. The van der Waals surface area contributed by atoms with Crippen molar-refractivity contribution in [2.75, 3.05) is 5.73 Å². The van der Waals surface area contributed by atoms with Gasteiger partial charge in [-0.3, -0.25) is 0 Å². The minimum Gasteiger partial charge on any atom is -0.398 e. The van der Waals surface area contributed by atoms with E-state index in [1.807, 2.05) is 12.1 Å². The van der Waals surface area contributed by atoms with Crippen molar-refractivity contribution in [3.8, 4) is 0 Å². The van der Waals surface area contributed by atoms with Crippen molar-refractivity contribution < 1.29 is 0 Å². The van der Waals surface area contributed by atoms with Crippen molar-refractivity contribution in [2.24, 2.45) is 0 Å². The van der Waals surface area contributed by atoms with E-state index in [0.29, 0.717) is 20.8 Å². The molecule has 1 aromatic heterocycles. The second kappa shape index (κ2) is 5.23. The zero-order valence-corrected chi connectivity index (χ0v) is 11.1. The third-order valence-electron chi connectivity index (χ3n) is 1.86. The van der Waals surface area contributed by atoms with Gasteiger partial charge >= 0.3 is 0 Å². The summed E-state index contributed by atoms with van der Waals surface area (Å²) in [6, 6.07) is 5.53.